The van der Waals surface area contributed by atoms with Crippen LogP contribution in [0.1, 0.15) is 10.4 Å². The minimum absolute atomic E-state index is 0.253. The van der Waals surface area contributed by atoms with E-state index in [0.29, 0.717) is 27.7 Å². The molecule has 0 radical (unpaired) electrons. The Balaban J connectivity index is 2.29. The Bertz CT molecular complexity index is 702. The Morgan fingerprint density at radius 3 is 2.55 bits per heavy atom. The lowest BCUT2D eigenvalue weighted by Crippen LogP contribution is -2.18. The summed E-state index contributed by atoms with van der Waals surface area (Å²) in [6.07, 6.45) is 0. The molecule has 0 bridgehead atoms. The zero-order valence-corrected chi connectivity index (χ0v) is 13.4. The minimum Gasteiger partial charge on any atom is -0.495 e. The molecule has 22 heavy (non-hydrogen) atoms. The average Bonchev–Trinajstić information content (AvgIpc) is 2.47. The van der Waals surface area contributed by atoms with Crippen molar-refractivity contribution in [3.8, 4) is 5.75 Å². The number of hydrogen-bond donors (Lipinski definition) is 2. The summed E-state index contributed by atoms with van der Waals surface area (Å²) in [4.78, 5) is 14.3. The fourth-order valence-electron chi connectivity index (χ4n) is 2.07. The zero-order chi connectivity index (χ0) is 16.3. The quantitative estimate of drug-likeness (QED) is 0.849. The molecule has 0 atom stereocenters. The molecule has 2 aromatic rings. The molecule has 0 fully saturated rings. The Labute approximate surface area is 134 Å². The number of anilines is 3. The molecule has 116 valence electrons. The summed E-state index contributed by atoms with van der Waals surface area (Å²) in [7, 11) is 5.27. The van der Waals surface area contributed by atoms with Crippen LogP contribution in [0.2, 0.25) is 5.02 Å². The van der Waals surface area contributed by atoms with Crippen molar-refractivity contribution in [3.63, 3.8) is 0 Å². The van der Waals surface area contributed by atoms with Crippen molar-refractivity contribution >= 4 is 34.6 Å². The van der Waals surface area contributed by atoms with Gasteiger partial charge in [0.2, 0.25) is 0 Å². The van der Waals surface area contributed by atoms with Crippen molar-refractivity contribution in [2.45, 2.75) is 0 Å². The van der Waals surface area contributed by atoms with E-state index < -0.39 is 0 Å². The van der Waals surface area contributed by atoms with Crippen LogP contribution in [-0.4, -0.2) is 27.1 Å². The number of nitrogen functional groups attached to an aromatic ring is 1. The number of carbonyl (C=O) groups is 1. The van der Waals surface area contributed by atoms with Gasteiger partial charge in [-0.15, -0.1) is 0 Å². The molecule has 0 unspecified atom stereocenters. The van der Waals surface area contributed by atoms with E-state index in [4.69, 9.17) is 22.1 Å². The number of hydrogen-bond acceptors (Lipinski definition) is 4. The van der Waals surface area contributed by atoms with Crippen molar-refractivity contribution in [3.05, 3.63) is 47.0 Å². The largest absolute Gasteiger partial charge is 0.495 e. The third-order valence-electron chi connectivity index (χ3n) is 3.16. The number of carbonyl (C=O) groups excluding carboxylic acids is 1. The average molecular weight is 320 g/mol. The standard InChI is InChI=1S/C16H18ClN3O2/c1-20(2)14-6-4-10(18)8-12(14)16(21)19-11-5-7-15(22-3)13(17)9-11/h4-9H,18H2,1-3H3,(H,19,21). The molecule has 6 heteroatoms. The van der Waals surface area contributed by atoms with Gasteiger partial charge in [-0.2, -0.15) is 0 Å². The Hall–Kier alpha value is -2.40. The highest BCUT2D eigenvalue weighted by Gasteiger charge is 2.14. The summed E-state index contributed by atoms with van der Waals surface area (Å²) < 4.78 is 5.09. The molecule has 0 heterocycles. The highest BCUT2D eigenvalue weighted by Crippen LogP contribution is 2.28. The molecule has 0 aliphatic heterocycles. The molecule has 0 spiro atoms. The minimum atomic E-state index is -0.253. The Morgan fingerprint density at radius 1 is 1.23 bits per heavy atom. The van der Waals surface area contributed by atoms with Crippen LogP contribution in [0.4, 0.5) is 17.1 Å². The van der Waals surface area contributed by atoms with Gasteiger partial charge in [-0.3, -0.25) is 4.79 Å². The van der Waals surface area contributed by atoms with Crippen molar-refractivity contribution in [1.29, 1.82) is 0 Å². The van der Waals surface area contributed by atoms with Gasteiger partial charge in [-0.05, 0) is 36.4 Å². The third-order valence-corrected chi connectivity index (χ3v) is 3.45. The van der Waals surface area contributed by atoms with Gasteiger partial charge in [0.05, 0.1) is 17.7 Å². The number of nitrogens with one attached hydrogen (secondary N) is 1. The SMILES string of the molecule is COc1ccc(NC(=O)c2cc(N)ccc2N(C)C)cc1Cl. The smallest absolute Gasteiger partial charge is 0.257 e. The monoisotopic (exact) mass is 319 g/mol. The predicted molar refractivity (Wildman–Crippen MR) is 91.1 cm³/mol. The van der Waals surface area contributed by atoms with Crippen LogP contribution in [-0.2, 0) is 0 Å². The van der Waals surface area contributed by atoms with E-state index in [9.17, 15) is 4.79 Å². The fraction of sp³-hybridized carbons (Fsp3) is 0.188. The molecule has 0 aliphatic rings. The van der Waals surface area contributed by atoms with Crippen LogP contribution in [0.3, 0.4) is 0 Å². The molecule has 2 aromatic carbocycles. The van der Waals surface area contributed by atoms with E-state index in [0.717, 1.165) is 5.69 Å². The molecule has 0 aliphatic carbocycles. The van der Waals surface area contributed by atoms with Gasteiger partial charge >= 0.3 is 0 Å². The van der Waals surface area contributed by atoms with Gasteiger partial charge in [-0.1, -0.05) is 11.6 Å². The molecule has 0 aromatic heterocycles. The summed E-state index contributed by atoms with van der Waals surface area (Å²) in [5.41, 5.74) is 8.18. The summed E-state index contributed by atoms with van der Waals surface area (Å²) in [6, 6.07) is 10.3. The zero-order valence-electron chi connectivity index (χ0n) is 12.7. The highest BCUT2D eigenvalue weighted by molar-refractivity contribution is 6.32. The fourth-order valence-corrected chi connectivity index (χ4v) is 2.33. The maximum Gasteiger partial charge on any atom is 0.257 e. The third kappa shape index (κ3) is 3.43. The van der Waals surface area contributed by atoms with Crippen molar-refractivity contribution in [2.75, 3.05) is 37.2 Å². The first-order chi connectivity index (χ1) is 10.4. The number of ether oxygens (including phenoxy) is 1. The number of nitrogens with zero attached hydrogens (tertiary/aromatic N) is 1. The van der Waals surface area contributed by atoms with E-state index in [-0.39, 0.29) is 5.91 Å². The Kier molecular flexibility index (Phi) is 4.78. The van der Waals surface area contributed by atoms with E-state index in [2.05, 4.69) is 5.32 Å². The molecule has 0 saturated heterocycles. The first kappa shape index (κ1) is 16.0. The van der Waals surface area contributed by atoms with E-state index in [1.165, 1.54) is 7.11 Å². The van der Waals surface area contributed by atoms with Crippen molar-refractivity contribution < 1.29 is 9.53 Å². The van der Waals surface area contributed by atoms with Crippen LogP contribution < -0.4 is 20.7 Å². The van der Waals surface area contributed by atoms with Crippen LogP contribution in [0, 0.1) is 0 Å². The van der Waals surface area contributed by atoms with Gasteiger partial charge in [0.15, 0.2) is 0 Å². The summed E-state index contributed by atoms with van der Waals surface area (Å²) >= 11 is 6.06. The van der Waals surface area contributed by atoms with Crippen LogP contribution in [0.25, 0.3) is 0 Å². The van der Waals surface area contributed by atoms with Gasteiger partial charge in [0.25, 0.3) is 5.91 Å². The number of rotatable bonds is 4. The maximum atomic E-state index is 12.5. The number of nitrogens with two attached hydrogens (primary N) is 1. The lowest BCUT2D eigenvalue weighted by atomic mass is 10.1. The predicted octanol–water partition coefficient (Wildman–Crippen LogP) is 3.25. The van der Waals surface area contributed by atoms with Gasteiger partial charge in [-0.25, -0.2) is 0 Å². The molecular weight excluding hydrogens is 302 g/mol. The van der Waals surface area contributed by atoms with Crippen LogP contribution >= 0.6 is 11.6 Å². The number of amides is 1. The molecular formula is C16H18ClN3O2. The van der Waals surface area contributed by atoms with Crippen LogP contribution in [0.15, 0.2) is 36.4 Å². The molecule has 5 nitrogen and oxygen atoms in total. The topological polar surface area (TPSA) is 67.6 Å². The lowest BCUT2D eigenvalue weighted by molar-refractivity contribution is 0.102. The van der Waals surface area contributed by atoms with Gasteiger partial charge in [0.1, 0.15) is 5.75 Å². The van der Waals surface area contributed by atoms with Crippen molar-refractivity contribution in [1.82, 2.24) is 0 Å². The first-order valence-corrected chi connectivity index (χ1v) is 7.02. The molecule has 0 saturated carbocycles. The highest BCUT2D eigenvalue weighted by atomic mass is 35.5. The second-order valence-corrected chi connectivity index (χ2v) is 5.38. The normalized spacial score (nSPS) is 10.2. The summed E-state index contributed by atoms with van der Waals surface area (Å²) in [5.74, 6) is 0.301. The summed E-state index contributed by atoms with van der Waals surface area (Å²) in [5, 5.41) is 3.24. The molecule has 2 rings (SSSR count). The lowest BCUT2D eigenvalue weighted by Gasteiger charge is -2.18. The van der Waals surface area contributed by atoms with Gasteiger partial charge < -0.3 is 20.7 Å². The first-order valence-electron chi connectivity index (χ1n) is 6.64. The second kappa shape index (κ2) is 6.58. The van der Waals surface area contributed by atoms with E-state index >= 15 is 0 Å². The number of halogens is 1. The van der Waals surface area contributed by atoms with E-state index in [1.807, 2.05) is 25.1 Å². The van der Waals surface area contributed by atoms with Gasteiger partial charge in [0, 0.05) is 31.2 Å². The second-order valence-electron chi connectivity index (χ2n) is 4.97. The number of methoxy groups -OCH3 is 1. The van der Waals surface area contributed by atoms with E-state index in [1.54, 1.807) is 30.3 Å². The summed E-state index contributed by atoms with van der Waals surface area (Å²) in [6.45, 7) is 0. The Morgan fingerprint density at radius 2 is 1.95 bits per heavy atom. The number of benzene rings is 2. The molecule has 3 N–H and O–H groups in total. The molecule has 1 amide bonds. The van der Waals surface area contributed by atoms with Crippen LogP contribution in [0.5, 0.6) is 5.75 Å². The maximum absolute atomic E-state index is 12.5. The van der Waals surface area contributed by atoms with Crippen molar-refractivity contribution in [2.24, 2.45) is 0 Å².